The van der Waals surface area contributed by atoms with Crippen molar-refractivity contribution in [2.24, 2.45) is 52.3 Å². The molecule has 360 valence electrons. The molecule has 18 heteroatoms. The third-order valence-corrected chi connectivity index (χ3v) is 17.3. The van der Waals surface area contributed by atoms with Crippen LogP contribution >= 0.6 is 0 Å². The van der Waals surface area contributed by atoms with E-state index < -0.39 is 144 Å². The molecule has 0 aromatic rings. The molecule has 0 aromatic heterocycles. The van der Waals surface area contributed by atoms with Crippen molar-refractivity contribution in [2.75, 3.05) is 34.0 Å². The quantitative estimate of drug-likeness (QED) is 0.0994. The van der Waals surface area contributed by atoms with Crippen LogP contribution in [0.1, 0.15) is 79.6 Å². The van der Waals surface area contributed by atoms with Gasteiger partial charge in [-0.15, -0.1) is 0 Å². The summed E-state index contributed by atoms with van der Waals surface area (Å²) < 4.78 is 40.3. The molecule has 4 saturated carbocycles. The highest BCUT2D eigenvalue weighted by Gasteiger charge is 2.75. The van der Waals surface area contributed by atoms with E-state index in [2.05, 4.69) is 13.8 Å². The predicted octanol–water partition coefficient (Wildman–Crippen LogP) is -1.59. The summed E-state index contributed by atoms with van der Waals surface area (Å²) in [5, 5.41) is 124. The van der Waals surface area contributed by atoms with Crippen LogP contribution in [-0.2, 0) is 33.2 Å². The van der Waals surface area contributed by atoms with Crippen LogP contribution in [0.3, 0.4) is 0 Å². The molecule has 0 bridgehead atoms. The van der Waals surface area contributed by atoms with Crippen LogP contribution in [0, 0.1) is 52.3 Å². The van der Waals surface area contributed by atoms with Gasteiger partial charge in [-0.1, -0.05) is 34.6 Å². The van der Waals surface area contributed by atoms with E-state index in [-0.39, 0.29) is 37.6 Å². The first-order valence-corrected chi connectivity index (χ1v) is 22.9. The van der Waals surface area contributed by atoms with Gasteiger partial charge in [0.25, 0.3) is 0 Å². The van der Waals surface area contributed by atoms with Gasteiger partial charge in [0.2, 0.25) is 0 Å². The molecule has 7 aliphatic rings. The van der Waals surface area contributed by atoms with E-state index >= 15 is 0 Å². The molecule has 0 spiro atoms. The van der Waals surface area contributed by atoms with Gasteiger partial charge in [-0.05, 0) is 79.4 Å². The molecule has 0 aromatic carbocycles. The Morgan fingerprint density at radius 1 is 0.677 bits per heavy atom. The maximum absolute atomic E-state index is 13.0. The number of aliphatic hydroxyl groups excluding tert-OH is 10. The fourth-order valence-corrected chi connectivity index (χ4v) is 14.0. The van der Waals surface area contributed by atoms with Gasteiger partial charge in [0.1, 0.15) is 66.6 Å². The molecule has 4 aliphatic carbocycles. The number of methoxy groups -OCH3 is 2. The lowest BCUT2D eigenvalue weighted by molar-refractivity contribution is -0.325. The first-order valence-electron chi connectivity index (χ1n) is 22.9. The third kappa shape index (κ3) is 8.14. The summed E-state index contributed by atoms with van der Waals surface area (Å²) in [6.07, 6.45) is -15.4. The van der Waals surface area contributed by atoms with Crippen LogP contribution in [0.2, 0.25) is 0 Å². The average Bonchev–Trinajstić information content (AvgIpc) is 3.66. The highest BCUT2D eigenvalue weighted by molar-refractivity contribution is 5.24. The highest BCUT2D eigenvalue weighted by Crippen LogP contribution is 2.70. The Balaban J connectivity index is 1.00. The van der Waals surface area contributed by atoms with Gasteiger partial charge < -0.3 is 89.3 Å². The molecule has 3 saturated heterocycles. The van der Waals surface area contributed by atoms with Crippen LogP contribution in [0.25, 0.3) is 0 Å². The van der Waals surface area contributed by atoms with Crippen molar-refractivity contribution in [1.82, 2.24) is 0 Å². The van der Waals surface area contributed by atoms with E-state index in [1.165, 1.54) is 14.2 Å². The van der Waals surface area contributed by atoms with Crippen molar-refractivity contribution < 1.29 is 89.3 Å². The lowest BCUT2D eigenvalue weighted by Crippen LogP contribution is -2.77. The third-order valence-electron chi connectivity index (χ3n) is 17.3. The summed E-state index contributed by atoms with van der Waals surface area (Å²) in [6, 6.07) is 0. The molecule has 3 aliphatic heterocycles. The molecule has 7 fully saturated rings. The monoisotopic (exact) mass is 893 g/mol. The van der Waals surface area contributed by atoms with Crippen LogP contribution in [0.15, 0.2) is 0 Å². The van der Waals surface area contributed by atoms with E-state index in [1.54, 1.807) is 0 Å². The highest BCUT2D eigenvalue weighted by atomic mass is 16.7. The van der Waals surface area contributed by atoms with Gasteiger partial charge in [-0.25, -0.2) is 0 Å². The molecule has 7 rings (SSSR count). The van der Waals surface area contributed by atoms with Crippen molar-refractivity contribution >= 4 is 0 Å². The van der Waals surface area contributed by atoms with Crippen molar-refractivity contribution in [3.63, 3.8) is 0 Å². The lowest BCUT2D eigenvalue weighted by Gasteiger charge is -2.68. The number of hydrogen-bond acceptors (Lipinski definition) is 18. The number of fused-ring (bicyclic) bond motifs is 5. The Kier molecular flexibility index (Phi) is 14.9. The molecule has 0 amide bonds. The summed E-state index contributed by atoms with van der Waals surface area (Å²) in [6.45, 7) is 9.62. The Morgan fingerprint density at radius 3 is 1.95 bits per heavy atom. The smallest absolute Gasteiger partial charge is 0.186 e. The van der Waals surface area contributed by atoms with Crippen molar-refractivity contribution in [3.05, 3.63) is 0 Å². The van der Waals surface area contributed by atoms with E-state index in [1.807, 2.05) is 20.8 Å². The molecule has 3 heterocycles. The molecule has 1 unspecified atom stereocenters. The van der Waals surface area contributed by atoms with Gasteiger partial charge >= 0.3 is 0 Å². The zero-order valence-corrected chi connectivity index (χ0v) is 37.2. The normalized spacial score (nSPS) is 54.1. The summed E-state index contributed by atoms with van der Waals surface area (Å²) in [5.74, 6) is -2.79. The van der Waals surface area contributed by atoms with E-state index in [4.69, 9.17) is 33.2 Å². The first kappa shape index (κ1) is 49.2. The van der Waals surface area contributed by atoms with Crippen LogP contribution in [0.4, 0.5) is 0 Å². The minimum atomic E-state index is -1.86. The second-order valence-electron chi connectivity index (χ2n) is 20.9. The van der Waals surface area contributed by atoms with Gasteiger partial charge in [0.15, 0.2) is 12.6 Å². The van der Waals surface area contributed by atoms with Crippen molar-refractivity contribution in [2.45, 2.75) is 189 Å². The minimum Gasteiger partial charge on any atom is -0.393 e. The van der Waals surface area contributed by atoms with Crippen LogP contribution in [0.5, 0.6) is 0 Å². The van der Waals surface area contributed by atoms with Gasteiger partial charge in [0.05, 0.1) is 50.3 Å². The Bertz CT molecular complexity index is 1490. The Labute approximate surface area is 364 Å². The maximum Gasteiger partial charge on any atom is 0.186 e. The summed E-state index contributed by atoms with van der Waals surface area (Å²) >= 11 is 0. The lowest BCUT2D eigenvalue weighted by atomic mass is 9.40. The second-order valence-corrected chi connectivity index (χ2v) is 20.9. The van der Waals surface area contributed by atoms with Gasteiger partial charge in [-0.3, -0.25) is 0 Å². The van der Waals surface area contributed by atoms with E-state index in [9.17, 15) is 56.2 Å². The summed E-state index contributed by atoms with van der Waals surface area (Å²) in [5.41, 5.74) is -3.29. The van der Waals surface area contributed by atoms with E-state index in [0.717, 1.165) is 0 Å². The average molecular weight is 893 g/mol. The van der Waals surface area contributed by atoms with Gasteiger partial charge in [-0.2, -0.15) is 0 Å². The maximum atomic E-state index is 13.0. The number of rotatable bonds is 13. The molecular weight excluding hydrogens is 816 g/mol. The molecule has 62 heavy (non-hydrogen) atoms. The summed E-state index contributed by atoms with van der Waals surface area (Å²) in [7, 11) is 2.75. The molecule has 0 radical (unpaired) electrons. The number of hydrogen-bond donors (Lipinski definition) is 11. The number of aliphatic hydroxyl groups is 11. The Hall–Kier alpha value is -0.720. The van der Waals surface area contributed by atoms with Crippen molar-refractivity contribution in [3.8, 4) is 0 Å². The fraction of sp³-hybridized carbons (Fsp3) is 1.00. The first-order chi connectivity index (χ1) is 29.2. The van der Waals surface area contributed by atoms with Crippen LogP contribution in [-0.4, -0.2) is 200 Å². The predicted molar refractivity (Wildman–Crippen MR) is 216 cm³/mol. The molecule has 26 atom stereocenters. The summed E-state index contributed by atoms with van der Waals surface area (Å²) in [4.78, 5) is 0. The van der Waals surface area contributed by atoms with E-state index in [0.29, 0.717) is 44.9 Å². The fourth-order valence-electron chi connectivity index (χ4n) is 14.0. The molecule has 11 N–H and O–H groups in total. The zero-order valence-electron chi connectivity index (χ0n) is 37.2. The van der Waals surface area contributed by atoms with Gasteiger partial charge in [0, 0.05) is 32.0 Å². The number of ether oxygens (including phenoxy) is 7. The Morgan fingerprint density at radius 2 is 1.31 bits per heavy atom. The standard InChI is InChI=1S/C44H76O18/c1-18(2)25(61-40-34(53)32(51)26(62-40)17-60-41-37(57-7)31(50)24(47)16-59-41)9-8-19(3)21-14-22(45)38-42(21,4)13-11-27-43(5)12-10-20(35-36(56-6)30(49)23(46)15-58-35)29(48)28(43)33(52)39(54)44(27,38)55/h18-41,45-55H,8-17H2,1-7H3/t19-,20+,21-,22-,23-,24-,25+,26+,27-,28?,29+,30+,31+,32+,33-,34-,35+,36-,37-,38-,39-,40-,41+,42-,43-,44+/m1/s1. The SMILES string of the molecule is CO[C@@H]1[C@@H](O)[C@H](O)CO[C@H]1[C@H]1CC[C@@]2(C)C([C@H]1O)[C@@H](O)[C@@H](O)[C@@]1(O)[C@@H]3[C@H](O)C[C@H]([C@H](C)CC[C@H](O[C@@H]4O[C@@H](CO[C@@H]5OC[C@@H](O)[C@H](O)[C@H]5OC)[C@H](O)[C@H]4O)C(C)C)[C@@]3(C)CC[C@@H]12. The van der Waals surface area contributed by atoms with Crippen LogP contribution < -0.4 is 0 Å². The minimum absolute atomic E-state index is 0.00941. The zero-order chi connectivity index (χ0) is 45.4. The van der Waals surface area contributed by atoms with Crippen molar-refractivity contribution in [1.29, 1.82) is 0 Å². The molecule has 18 nitrogen and oxygen atoms in total. The molecular formula is C44H76O18. The topological polar surface area (TPSA) is 287 Å². The second kappa shape index (κ2) is 18.8. The largest absolute Gasteiger partial charge is 0.393 e.